The molecular formula is C19H21ClN2O3. The van der Waals surface area contributed by atoms with Gasteiger partial charge in [-0.3, -0.25) is 4.90 Å². The van der Waals surface area contributed by atoms with E-state index >= 15 is 0 Å². The predicted octanol–water partition coefficient (Wildman–Crippen LogP) is 4.87. The molecule has 25 heavy (non-hydrogen) atoms. The molecule has 1 atom stereocenters. The number of benzene rings is 2. The molecule has 5 nitrogen and oxygen atoms in total. The maximum Gasteiger partial charge on any atom is 0.326 e. The number of anilines is 2. The molecule has 0 aliphatic carbocycles. The number of carbonyl (C=O) groups is 1. The number of carbonyl (C=O) groups excluding carboxylic acids is 1. The van der Waals surface area contributed by atoms with Gasteiger partial charge in [0.15, 0.2) is 0 Å². The van der Waals surface area contributed by atoms with Crippen LogP contribution in [0.1, 0.15) is 18.9 Å². The molecule has 132 valence electrons. The molecular weight excluding hydrogens is 340 g/mol. The maximum atomic E-state index is 12.9. The molecule has 0 radical (unpaired) electrons. The number of fused-ring (bicyclic) bond motifs is 1. The normalized spacial score (nSPS) is 16.0. The van der Waals surface area contributed by atoms with Gasteiger partial charge in [0.1, 0.15) is 17.6 Å². The number of aryl methyl sites for hydroxylation is 1. The summed E-state index contributed by atoms with van der Waals surface area (Å²) in [7, 11) is 1.55. The number of nitrogens with zero attached hydrogens (tertiary/aromatic N) is 1. The third-order valence-corrected chi connectivity index (χ3v) is 4.42. The lowest BCUT2D eigenvalue weighted by atomic mass is 10.1. The number of hydrogen-bond acceptors (Lipinski definition) is 3. The third kappa shape index (κ3) is 3.66. The van der Waals surface area contributed by atoms with E-state index in [1.807, 2.05) is 32.0 Å². The highest BCUT2D eigenvalue weighted by Gasteiger charge is 2.29. The van der Waals surface area contributed by atoms with E-state index < -0.39 is 0 Å². The Labute approximate surface area is 152 Å². The molecule has 0 spiro atoms. The summed E-state index contributed by atoms with van der Waals surface area (Å²) in [4.78, 5) is 14.7. The fraction of sp³-hybridized carbons (Fsp3) is 0.316. The monoisotopic (exact) mass is 360 g/mol. The van der Waals surface area contributed by atoms with Crippen LogP contribution in [0, 0.1) is 6.92 Å². The van der Waals surface area contributed by atoms with Crippen LogP contribution in [0.4, 0.5) is 16.2 Å². The van der Waals surface area contributed by atoms with Crippen molar-refractivity contribution in [2.45, 2.75) is 26.4 Å². The summed E-state index contributed by atoms with van der Waals surface area (Å²) in [5.41, 5.74) is 2.37. The van der Waals surface area contributed by atoms with Crippen molar-refractivity contribution in [3.63, 3.8) is 0 Å². The number of hydrogen-bond donors (Lipinski definition) is 1. The van der Waals surface area contributed by atoms with Crippen molar-refractivity contribution < 1.29 is 14.3 Å². The van der Waals surface area contributed by atoms with Crippen molar-refractivity contribution in [1.29, 1.82) is 0 Å². The van der Waals surface area contributed by atoms with E-state index in [0.29, 0.717) is 23.0 Å². The van der Waals surface area contributed by atoms with Crippen LogP contribution in [0.25, 0.3) is 0 Å². The molecule has 2 amide bonds. The Kier molecular flexibility index (Phi) is 5.04. The van der Waals surface area contributed by atoms with Gasteiger partial charge in [0.2, 0.25) is 0 Å². The van der Waals surface area contributed by atoms with Crippen LogP contribution in [0.2, 0.25) is 5.02 Å². The number of nitrogens with one attached hydrogen (secondary N) is 1. The minimum atomic E-state index is -0.242. The second-order valence-electron chi connectivity index (χ2n) is 6.00. The first kappa shape index (κ1) is 17.4. The van der Waals surface area contributed by atoms with E-state index in [1.54, 1.807) is 30.2 Å². The highest BCUT2D eigenvalue weighted by atomic mass is 35.5. The van der Waals surface area contributed by atoms with E-state index in [4.69, 9.17) is 21.1 Å². The predicted molar refractivity (Wildman–Crippen MR) is 100 cm³/mol. The van der Waals surface area contributed by atoms with Gasteiger partial charge in [0.25, 0.3) is 0 Å². The lowest BCUT2D eigenvalue weighted by Crippen LogP contribution is -2.45. The smallest absolute Gasteiger partial charge is 0.326 e. The minimum absolute atomic E-state index is 0.0396. The zero-order valence-corrected chi connectivity index (χ0v) is 15.3. The number of ether oxygens (including phenoxy) is 2. The van der Waals surface area contributed by atoms with Crippen LogP contribution in [-0.2, 0) is 0 Å². The second-order valence-corrected chi connectivity index (χ2v) is 6.44. The Balaban J connectivity index is 1.92. The van der Waals surface area contributed by atoms with Gasteiger partial charge in [-0.2, -0.15) is 0 Å². The number of rotatable bonds is 3. The van der Waals surface area contributed by atoms with Gasteiger partial charge in [-0.05, 0) is 49.2 Å². The van der Waals surface area contributed by atoms with Gasteiger partial charge in [0, 0.05) is 5.02 Å². The van der Waals surface area contributed by atoms with Crippen LogP contribution >= 0.6 is 11.6 Å². The quantitative estimate of drug-likeness (QED) is 0.849. The fourth-order valence-electron chi connectivity index (χ4n) is 2.82. The molecule has 1 aliphatic heterocycles. The average Bonchev–Trinajstić information content (AvgIpc) is 2.61. The first-order valence-electron chi connectivity index (χ1n) is 8.21. The van der Waals surface area contributed by atoms with Crippen molar-refractivity contribution in [2.24, 2.45) is 0 Å². The molecule has 0 unspecified atom stereocenters. The Morgan fingerprint density at radius 3 is 2.88 bits per heavy atom. The molecule has 2 aromatic carbocycles. The molecule has 1 N–H and O–H groups in total. The van der Waals surface area contributed by atoms with E-state index in [1.165, 1.54) is 0 Å². The molecule has 0 saturated heterocycles. The summed E-state index contributed by atoms with van der Waals surface area (Å²) >= 11 is 6.05. The maximum absolute atomic E-state index is 12.9. The molecule has 0 bridgehead atoms. The van der Waals surface area contributed by atoms with E-state index in [9.17, 15) is 4.79 Å². The Morgan fingerprint density at radius 1 is 1.36 bits per heavy atom. The van der Waals surface area contributed by atoms with Crippen LogP contribution in [-0.4, -0.2) is 25.8 Å². The summed E-state index contributed by atoms with van der Waals surface area (Å²) in [6.07, 6.45) is 0.777. The Hall–Kier alpha value is -2.40. The Morgan fingerprint density at radius 2 is 2.16 bits per heavy atom. The first-order chi connectivity index (χ1) is 12.0. The molecule has 0 saturated carbocycles. The number of halogens is 1. The fourth-order valence-corrected chi connectivity index (χ4v) is 2.99. The van der Waals surface area contributed by atoms with Gasteiger partial charge in [-0.15, -0.1) is 0 Å². The van der Waals surface area contributed by atoms with Gasteiger partial charge in [0.05, 0.1) is 25.0 Å². The average molecular weight is 361 g/mol. The molecule has 2 aromatic rings. The Bertz CT molecular complexity index is 794. The molecule has 0 fully saturated rings. The summed E-state index contributed by atoms with van der Waals surface area (Å²) in [5, 5.41) is 3.43. The van der Waals surface area contributed by atoms with Gasteiger partial charge in [-0.1, -0.05) is 24.6 Å². The van der Waals surface area contributed by atoms with E-state index in [0.717, 1.165) is 23.4 Å². The minimum Gasteiger partial charge on any atom is -0.495 e. The zero-order chi connectivity index (χ0) is 18.0. The molecule has 1 heterocycles. The largest absolute Gasteiger partial charge is 0.495 e. The van der Waals surface area contributed by atoms with Crippen LogP contribution < -0.4 is 19.7 Å². The van der Waals surface area contributed by atoms with Crippen LogP contribution in [0.15, 0.2) is 36.4 Å². The standard InChI is InChI=1S/C19H21ClN2O3/c1-4-14-11-22(16-9-12(2)5-7-18(16)25-14)19(23)21-15-10-13(20)6-8-17(15)24-3/h5-10,14H,4,11H2,1-3H3,(H,21,23)/t14-/m1/s1. The number of amides is 2. The highest BCUT2D eigenvalue weighted by molar-refractivity contribution is 6.31. The molecule has 3 rings (SSSR count). The van der Waals surface area contributed by atoms with Gasteiger partial charge >= 0.3 is 6.03 Å². The summed E-state index contributed by atoms with van der Waals surface area (Å²) in [5.74, 6) is 1.28. The van der Waals surface area contributed by atoms with Crippen molar-refractivity contribution >= 4 is 29.0 Å². The SMILES string of the molecule is CC[C@@H]1CN(C(=O)Nc2cc(Cl)ccc2OC)c2cc(C)ccc2O1. The molecule has 1 aliphatic rings. The van der Waals surface area contributed by atoms with E-state index in [2.05, 4.69) is 5.32 Å². The van der Waals surface area contributed by atoms with Crippen LogP contribution in [0.3, 0.4) is 0 Å². The summed E-state index contributed by atoms with van der Waals surface area (Å²) in [6, 6.07) is 10.7. The van der Waals surface area contributed by atoms with Crippen molar-refractivity contribution in [3.05, 3.63) is 47.0 Å². The topological polar surface area (TPSA) is 50.8 Å². The summed E-state index contributed by atoms with van der Waals surface area (Å²) in [6.45, 7) is 4.52. The van der Waals surface area contributed by atoms with Crippen molar-refractivity contribution in [3.8, 4) is 11.5 Å². The molecule has 6 heteroatoms. The van der Waals surface area contributed by atoms with Gasteiger partial charge < -0.3 is 14.8 Å². The van der Waals surface area contributed by atoms with Crippen LogP contribution in [0.5, 0.6) is 11.5 Å². The number of methoxy groups -OCH3 is 1. The van der Waals surface area contributed by atoms with E-state index in [-0.39, 0.29) is 12.1 Å². The zero-order valence-electron chi connectivity index (χ0n) is 14.5. The second kappa shape index (κ2) is 7.23. The molecule has 0 aromatic heterocycles. The van der Waals surface area contributed by atoms with Crippen molar-refractivity contribution in [2.75, 3.05) is 23.9 Å². The lowest BCUT2D eigenvalue weighted by Gasteiger charge is -2.34. The first-order valence-corrected chi connectivity index (χ1v) is 8.59. The highest BCUT2D eigenvalue weighted by Crippen LogP contribution is 2.36. The van der Waals surface area contributed by atoms with Crippen molar-refractivity contribution in [1.82, 2.24) is 0 Å². The number of urea groups is 1. The summed E-state index contributed by atoms with van der Waals surface area (Å²) < 4.78 is 11.3. The van der Waals surface area contributed by atoms with Gasteiger partial charge in [-0.25, -0.2) is 4.79 Å². The third-order valence-electron chi connectivity index (χ3n) is 4.19. The lowest BCUT2D eigenvalue weighted by molar-refractivity contribution is 0.188.